The molecule has 5 heteroatoms. The topological polar surface area (TPSA) is 71.2 Å². The number of aliphatic hydroxyl groups excluding tert-OH is 1. The molecule has 0 aliphatic heterocycles. The molecule has 0 fully saturated rings. The highest BCUT2D eigenvalue weighted by molar-refractivity contribution is 5.60. The van der Waals surface area contributed by atoms with Gasteiger partial charge in [0.1, 0.15) is 12.1 Å². The van der Waals surface area contributed by atoms with Gasteiger partial charge in [-0.15, -0.1) is 0 Å². The minimum atomic E-state index is 0.173. The van der Waals surface area contributed by atoms with Gasteiger partial charge >= 0.3 is 0 Å². The summed E-state index contributed by atoms with van der Waals surface area (Å²) in [5, 5.41) is 11.8. The van der Waals surface area contributed by atoms with E-state index in [9.17, 15) is 0 Å². The van der Waals surface area contributed by atoms with Crippen LogP contribution in [0.15, 0.2) is 35.4 Å². The van der Waals surface area contributed by atoms with Crippen molar-refractivity contribution in [2.45, 2.75) is 6.42 Å². The molecule has 0 aromatic carbocycles. The smallest absolute Gasteiger partial charge is 0.129 e. The van der Waals surface area contributed by atoms with Crippen LogP contribution in [0.4, 0.5) is 5.82 Å². The van der Waals surface area contributed by atoms with Gasteiger partial charge in [-0.25, -0.2) is 9.97 Å². The molecule has 2 aromatic rings. The van der Waals surface area contributed by atoms with Crippen molar-refractivity contribution in [1.82, 2.24) is 9.97 Å². The Labute approximate surface area is 93.2 Å². The molecule has 84 valence electrons. The molecular weight excluding hydrogens is 206 g/mol. The zero-order valence-corrected chi connectivity index (χ0v) is 8.76. The molecule has 0 radical (unpaired) electrons. The van der Waals surface area contributed by atoms with Crippen LogP contribution in [0.25, 0.3) is 11.3 Å². The van der Waals surface area contributed by atoms with Crippen LogP contribution >= 0.6 is 0 Å². The van der Waals surface area contributed by atoms with E-state index in [4.69, 9.17) is 9.52 Å². The van der Waals surface area contributed by atoms with E-state index in [-0.39, 0.29) is 6.61 Å². The van der Waals surface area contributed by atoms with Gasteiger partial charge in [0.15, 0.2) is 0 Å². The lowest BCUT2D eigenvalue weighted by Crippen LogP contribution is -2.05. The molecule has 0 saturated carbocycles. The van der Waals surface area contributed by atoms with Crippen molar-refractivity contribution >= 4 is 5.82 Å². The first-order chi connectivity index (χ1) is 7.90. The molecule has 0 bridgehead atoms. The fourth-order valence-corrected chi connectivity index (χ4v) is 1.32. The van der Waals surface area contributed by atoms with Gasteiger partial charge in [0.25, 0.3) is 0 Å². The lowest BCUT2D eigenvalue weighted by Gasteiger charge is -2.04. The van der Waals surface area contributed by atoms with Gasteiger partial charge in [-0.3, -0.25) is 0 Å². The van der Waals surface area contributed by atoms with Crippen LogP contribution in [0.1, 0.15) is 6.42 Å². The first-order valence-electron chi connectivity index (χ1n) is 5.09. The fourth-order valence-electron chi connectivity index (χ4n) is 1.32. The van der Waals surface area contributed by atoms with Crippen LogP contribution in [-0.4, -0.2) is 28.2 Å². The number of aromatic nitrogens is 2. The number of furan rings is 1. The average molecular weight is 219 g/mol. The molecule has 2 aromatic heterocycles. The zero-order chi connectivity index (χ0) is 11.2. The molecule has 0 aliphatic carbocycles. The number of nitrogens with one attached hydrogen (secondary N) is 1. The molecule has 5 nitrogen and oxygen atoms in total. The molecule has 2 N–H and O–H groups in total. The van der Waals surface area contributed by atoms with Crippen molar-refractivity contribution in [2.24, 2.45) is 0 Å². The standard InChI is InChI=1S/C11H13N3O2/c15-4-1-3-12-11-6-10(13-8-14-11)9-2-5-16-7-9/h2,5-8,15H,1,3-4H2,(H,12,13,14). The van der Waals surface area contributed by atoms with Gasteiger partial charge in [0, 0.05) is 24.8 Å². The largest absolute Gasteiger partial charge is 0.472 e. The van der Waals surface area contributed by atoms with E-state index >= 15 is 0 Å². The van der Waals surface area contributed by atoms with E-state index in [1.807, 2.05) is 12.1 Å². The Morgan fingerprint density at radius 3 is 3.06 bits per heavy atom. The van der Waals surface area contributed by atoms with Crippen molar-refractivity contribution in [3.05, 3.63) is 31.0 Å². The normalized spacial score (nSPS) is 10.3. The SMILES string of the molecule is OCCCNc1cc(-c2ccoc2)ncn1. The second kappa shape index (κ2) is 5.27. The van der Waals surface area contributed by atoms with Crippen LogP contribution in [0.2, 0.25) is 0 Å². The number of rotatable bonds is 5. The quantitative estimate of drug-likeness (QED) is 0.746. The van der Waals surface area contributed by atoms with E-state index in [1.165, 1.54) is 6.33 Å². The van der Waals surface area contributed by atoms with Crippen molar-refractivity contribution < 1.29 is 9.52 Å². The molecule has 2 heterocycles. The third-order valence-corrected chi connectivity index (χ3v) is 2.13. The van der Waals surface area contributed by atoms with E-state index in [0.29, 0.717) is 13.0 Å². The lowest BCUT2D eigenvalue weighted by atomic mass is 10.2. The van der Waals surface area contributed by atoms with E-state index in [0.717, 1.165) is 17.1 Å². The monoisotopic (exact) mass is 219 g/mol. The highest BCUT2D eigenvalue weighted by Crippen LogP contribution is 2.18. The number of aliphatic hydroxyl groups is 1. The van der Waals surface area contributed by atoms with E-state index < -0.39 is 0 Å². The van der Waals surface area contributed by atoms with Crippen molar-refractivity contribution in [3.63, 3.8) is 0 Å². The first kappa shape index (κ1) is 10.6. The number of hydrogen-bond acceptors (Lipinski definition) is 5. The van der Waals surface area contributed by atoms with Crippen LogP contribution in [0, 0.1) is 0 Å². The highest BCUT2D eigenvalue weighted by Gasteiger charge is 2.02. The molecule has 0 unspecified atom stereocenters. The van der Waals surface area contributed by atoms with Crippen molar-refractivity contribution in [3.8, 4) is 11.3 Å². The molecule has 2 rings (SSSR count). The maximum absolute atomic E-state index is 8.66. The summed E-state index contributed by atoms with van der Waals surface area (Å²) < 4.78 is 4.99. The summed E-state index contributed by atoms with van der Waals surface area (Å²) in [6.07, 6.45) is 5.45. The summed E-state index contributed by atoms with van der Waals surface area (Å²) in [6, 6.07) is 3.70. The third kappa shape index (κ3) is 2.58. The fraction of sp³-hybridized carbons (Fsp3) is 0.273. The minimum Gasteiger partial charge on any atom is -0.472 e. The maximum atomic E-state index is 8.66. The Morgan fingerprint density at radius 1 is 1.38 bits per heavy atom. The molecule has 0 spiro atoms. The van der Waals surface area contributed by atoms with Crippen molar-refractivity contribution in [2.75, 3.05) is 18.5 Å². The first-order valence-corrected chi connectivity index (χ1v) is 5.09. The molecule has 0 aliphatic rings. The zero-order valence-electron chi connectivity index (χ0n) is 8.76. The minimum absolute atomic E-state index is 0.173. The van der Waals surface area contributed by atoms with Gasteiger partial charge < -0.3 is 14.8 Å². The molecule has 0 atom stereocenters. The summed E-state index contributed by atoms with van der Waals surface area (Å²) in [5.74, 6) is 0.750. The summed E-state index contributed by atoms with van der Waals surface area (Å²) in [6.45, 7) is 0.866. The summed E-state index contributed by atoms with van der Waals surface area (Å²) in [7, 11) is 0. The molecular formula is C11H13N3O2. The second-order valence-corrected chi connectivity index (χ2v) is 3.30. The Balaban J connectivity index is 2.08. The number of anilines is 1. The molecule has 0 amide bonds. The van der Waals surface area contributed by atoms with Crippen LogP contribution in [-0.2, 0) is 0 Å². The van der Waals surface area contributed by atoms with Gasteiger partial charge in [0.2, 0.25) is 0 Å². The van der Waals surface area contributed by atoms with Gasteiger partial charge in [-0.05, 0) is 12.5 Å². The Hall–Kier alpha value is -1.88. The lowest BCUT2D eigenvalue weighted by molar-refractivity contribution is 0.292. The van der Waals surface area contributed by atoms with Gasteiger partial charge in [-0.2, -0.15) is 0 Å². The van der Waals surface area contributed by atoms with Crippen LogP contribution in [0.5, 0.6) is 0 Å². The molecule has 16 heavy (non-hydrogen) atoms. The van der Waals surface area contributed by atoms with Crippen molar-refractivity contribution in [1.29, 1.82) is 0 Å². The van der Waals surface area contributed by atoms with E-state index in [1.54, 1.807) is 12.5 Å². The Bertz CT molecular complexity index is 429. The second-order valence-electron chi connectivity index (χ2n) is 3.30. The van der Waals surface area contributed by atoms with Gasteiger partial charge in [0.05, 0.1) is 18.2 Å². The number of nitrogens with zero attached hydrogens (tertiary/aromatic N) is 2. The average Bonchev–Trinajstić information content (AvgIpc) is 2.83. The van der Waals surface area contributed by atoms with Gasteiger partial charge in [-0.1, -0.05) is 0 Å². The highest BCUT2D eigenvalue weighted by atomic mass is 16.3. The summed E-state index contributed by atoms with van der Waals surface area (Å²) in [5.41, 5.74) is 1.74. The van der Waals surface area contributed by atoms with Crippen LogP contribution < -0.4 is 5.32 Å². The Kier molecular flexibility index (Phi) is 3.50. The van der Waals surface area contributed by atoms with E-state index in [2.05, 4.69) is 15.3 Å². The predicted molar refractivity (Wildman–Crippen MR) is 59.9 cm³/mol. The number of hydrogen-bond donors (Lipinski definition) is 2. The maximum Gasteiger partial charge on any atom is 0.129 e. The summed E-state index contributed by atoms with van der Waals surface area (Å²) >= 11 is 0. The molecule has 0 saturated heterocycles. The third-order valence-electron chi connectivity index (χ3n) is 2.13. The van der Waals surface area contributed by atoms with Crippen LogP contribution in [0.3, 0.4) is 0 Å². The predicted octanol–water partition coefficient (Wildman–Crippen LogP) is 1.53. The summed E-state index contributed by atoms with van der Waals surface area (Å²) in [4.78, 5) is 8.24. The Morgan fingerprint density at radius 2 is 2.31 bits per heavy atom.